The van der Waals surface area contributed by atoms with Crippen LogP contribution in [0.5, 0.6) is 0 Å². The molecule has 0 heteroatoms. The molecule has 2 aliphatic carbocycles. The Morgan fingerprint density at radius 2 is 1.69 bits per heavy atom. The molecule has 0 saturated heterocycles. The molecular formula is C16H20. The Balaban J connectivity index is 1.79. The van der Waals surface area contributed by atoms with Crippen LogP contribution in [-0.4, -0.2) is 0 Å². The fraction of sp³-hybridized carbons (Fsp3) is 0.500. The number of rotatable bonds is 1. The van der Waals surface area contributed by atoms with Crippen molar-refractivity contribution in [3.05, 3.63) is 46.5 Å². The summed E-state index contributed by atoms with van der Waals surface area (Å²) in [4.78, 5) is 0. The normalized spacial score (nSPS) is 24.7. The van der Waals surface area contributed by atoms with E-state index >= 15 is 0 Å². The van der Waals surface area contributed by atoms with E-state index in [4.69, 9.17) is 0 Å². The molecule has 3 rings (SSSR count). The average molecular weight is 212 g/mol. The van der Waals surface area contributed by atoms with Gasteiger partial charge in [-0.3, -0.25) is 0 Å². The van der Waals surface area contributed by atoms with Crippen molar-refractivity contribution >= 4 is 0 Å². The van der Waals surface area contributed by atoms with Gasteiger partial charge in [-0.2, -0.15) is 0 Å². The second kappa shape index (κ2) is 4.08. The molecule has 2 saturated carbocycles. The van der Waals surface area contributed by atoms with Crippen LogP contribution in [0.25, 0.3) is 0 Å². The highest BCUT2D eigenvalue weighted by Gasteiger charge is 2.24. The summed E-state index contributed by atoms with van der Waals surface area (Å²) in [6, 6.07) is 9.18. The van der Waals surface area contributed by atoms with E-state index in [1.54, 1.807) is 16.7 Å². The fourth-order valence-electron chi connectivity index (χ4n) is 2.92. The van der Waals surface area contributed by atoms with Gasteiger partial charge < -0.3 is 0 Å². The third-order valence-corrected chi connectivity index (χ3v) is 4.07. The van der Waals surface area contributed by atoms with Crippen molar-refractivity contribution < 1.29 is 0 Å². The molecule has 2 aliphatic rings. The number of aryl methyl sites for hydroxylation is 1. The molecule has 0 nitrogen and oxygen atoms in total. The Bertz CT molecular complexity index is 402. The molecule has 1 aromatic rings. The topological polar surface area (TPSA) is 0 Å². The van der Waals surface area contributed by atoms with Crippen molar-refractivity contribution in [2.75, 3.05) is 0 Å². The Kier molecular flexibility index (Phi) is 2.59. The Morgan fingerprint density at radius 3 is 2.38 bits per heavy atom. The molecule has 0 heterocycles. The molecule has 16 heavy (non-hydrogen) atoms. The first-order valence-electron chi connectivity index (χ1n) is 6.59. The lowest BCUT2D eigenvalue weighted by Crippen LogP contribution is -2.07. The van der Waals surface area contributed by atoms with Crippen LogP contribution in [-0.2, 0) is 0 Å². The number of hydrogen-bond acceptors (Lipinski definition) is 0. The summed E-state index contributed by atoms with van der Waals surface area (Å²) in [5.74, 6) is 0.803. The summed E-state index contributed by atoms with van der Waals surface area (Å²) in [6.07, 6.45) is 8.32. The zero-order valence-corrected chi connectivity index (χ0v) is 10.1. The van der Waals surface area contributed by atoms with Gasteiger partial charge in [0.1, 0.15) is 0 Å². The van der Waals surface area contributed by atoms with Crippen LogP contribution in [0.1, 0.15) is 55.6 Å². The van der Waals surface area contributed by atoms with Crippen LogP contribution in [0.4, 0.5) is 0 Å². The van der Waals surface area contributed by atoms with Crippen LogP contribution in [0, 0.1) is 6.92 Å². The standard InChI is InChI=1S/C16H20/c1-12-5-7-13(8-6-12)15-3-2-4-16(11-15)14-9-10-14/h5-8,15H,2-4,9-11H2,1H3. The predicted molar refractivity (Wildman–Crippen MR) is 68.6 cm³/mol. The minimum Gasteiger partial charge on any atom is -0.0704 e. The lowest BCUT2D eigenvalue weighted by Gasteiger charge is -2.24. The van der Waals surface area contributed by atoms with Gasteiger partial charge in [0.25, 0.3) is 0 Å². The molecule has 1 atom stereocenters. The van der Waals surface area contributed by atoms with E-state index in [2.05, 4.69) is 31.2 Å². The summed E-state index contributed by atoms with van der Waals surface area (Å²) in [6.45, 7) is 2.17. The molecule has 0 bridgehead atoms. The van der Waals surface area contributed by atoms with Crippen LogP contribution < -0.4 is 0 Å². The van der Waals surface area contributed by atoms with E-state index in [0.29, 0.717) is 0 Å². The molecule has 0 N–H and O–H groups in total. The van der Waals surface area contributed by atoms with Crippen molar-refractivity contribution in [2.24, 2.45) is 0 Å². The van der Waals surface area contributed by atoms with Gasteiger partial charge in [0.05, 0.1) is 0 Å². The zero-order chi connectivity index (χ0) is 11.0. The van der Waals surface area contributed by atoms with Gasteiger partial charge in [-0.15, -0.1) is 0 Å². The molecular weight excluding hydrogens is 192 g/mol. The molecule has 0 spiro atoms. The minimum absolute atomic E-state index is 0.803. The SMILES string of the molecule is Cc1ccc(C2CCCC(=C3CC3)C2)cc1. The second-order valence-electron chi connectivity index (χ2n) is 5.41. The van der Waals surface area contributed by atoms with Crippen LogP contribution >= 0.6 is 0 Å². The van der Waals surface area contributed by atoms with Crippen molar-refractivity contribution in [1.82, 2.24) is 0 Å². The van der Waals surface area contributed by atoms with E-state index in [1.807, 2.05) is 0 Å². The number of benzene rings is 1. The molecule has 2 fully saturated rings. The van der Waals surface area contributed by atoms with Gasteiger partial charge >= 0.3 is 0 Å². The fourth-order valence-corrected chi connectivity index (χ4v) is 2.92. The maximum atomic E-state index is 2.33. The van der Waals surface area contributed by atoms with E-state index in [1.165, 1.54) is 44.1 Å². The minimum atomic E-state index is 0.803. The third-order valence-electron chi connectivity index (χ3n) is 4.07. The van der Waals surface area contributed by atoms with Gasteiger partial charge in [0.15, 0.2) is 0 Å². The monoisotopic (exact) mass is 212 g/mol. The van der Waals surface area contributed by atoms with Crippen molar-refractivity contribution in [3.63, 3.8) is 0 Å². The molecule has 84 valence electrons. The van der Waals surface area contributed by atoms with Crippen molar-refractivity contribution in [3.8, 4) is 0 Å². The van der Waals surface area contributed by atoms with Gasteiger partial charge in [0.2, 0.25) is 0 Å². The molecule has 0 aromatic heterocycles. The lowest BCUT2D eigenvalue weighted by atomic mass is 9.81. The van der Waals surface area contributed by atoms with Crippen LogP contribution in [0.15, 0.2) is 35.4 Å². The highest BCUT2D eigenvalue weighted by Crippen LogP contribution is 2.43. The number of hydrogen-bond donors (Lipinski definition) is 0. The first-order chi connectivity index (χ1) is 7.83. The summed E-state index contributed by atoms with van der Waals surface area (Å²) < 4.78 is 0. The average Bonchev–Trinajstić information content (AvgIpc) is 3.14. The van der Waals surface area contributed by atoms with Crippen molar-refractivity contribution in [1.29, 1.82) is 0 Å². The molecule has 1 unspecified atom stereocenters. The first-order valence-corrected chi connectivity index (χ1v) is 6.59. The van der Waals surface area contributed by atoms with E-state index < -0.39 is 0 Å². The maximum Gasteiger partial charge on any atom is -0.0125 e. The van der Waals surface area contributed by atoms with Gasteiger partial charge in [-0.1, -0.05) is 41.0 Å². The zero-order valence-electron chi connectivity index (χ0n) is 10.1. The van der Waals surface area contributed by atoms with Crippen LogP contribution in [0.3, 0.4) is 0 Å². The third kappa shape index (κ3) is 2.07. The lowest BCUT2D eigenvalue weighted by molar-refractivity contribution is 0.521. The van der Waals surface area contributed by atoms with E-state index in [0.717, 1.165) is 5.92 Å². The Morgan fingerprint density at radius 1 is 0.938 bits per heavy atom. The quantitative estimate of drug-likeness (QED) is 0.590. The van der Waals surface area contributed by atoms with E-state index in [-0.39, 0.29) is 0 Å². The summed E-state index contributed by atoms with van der Waals surface area (Å²) in [5, 5.41) is 0. The molecule has 1 aromatic carbocycles. The Hall–Kier alpha value is -1.04. The van der Waals surface area contributed by atoms with Gasteiger partial charge in [-0.25, -0.2) is 0 Å². The van der Waals surface area contributed by atoms with Gasteiger partial charge in [-0.05, 0) is 56.9 Å². The van der Waals surface area contributed by atoms with Crippen LogP contribution in [0.2, 0.25) is 0 Å². The maximum absolute atomic E-state index is 2.33. The summed E-state index contributed by atoms with van der Waals surface area (Å²) >= 11 is 0. The predicted octanol–water partition coefficient (Wildman–Crippen LogP) is 4.74. The highest BCUT2D eigenvalue weighted by molar-refractivity contribution is 5.31. The first kappa shape index (κ1) is 10.1. The van der Waals surface area contributed by atoms with Crippen molar-refractivity contribution in [2.45, 2.75) is 51.4 Å². The Labute approximate surface area is 98.4 Å². The largest absolute Gasteiger partial charge is 0.0704 e. The summed E-state index contributed by atoms with van der Waals surface area (Å²) in [5.41, 5.74) is 6.53. The molecule has 0 radical (unpaired) electrons. The molecule has 0 amide bonds. The van der Waals surface area contributed by atoms with E-state index in [9.17, 15) is 0 Å². The highest BCUT2D eigenvalue weighted by atomic mass is 14.3. The number of allylic oxidation sites excluding steroid dienone is 2. The smallest absolute Gasteiger partial charge is 0.0125 e. The molecule has 0 aliphatic heterocycles. The van der Waals surface area contributed by atoms with Gasteiger partial charge in [0, 0.05) is 0 Å². The summed E-state index contributed by atoms with van der Waals surface area (Å²) in [7, 11) is 0. The second-order valence-corrected chi connectivity index (χ2v) is 5.41.